The van der Waals surface area contributed by atoms with Gasteiger partial charge in [-0.1, -0.05) is 13.0 Å². The van der Waals surface area contributed by atoms with Gasteiger partial charge in [0.25, 0.3) is 0 Å². The van der Waals surface area contributed by atoms with Crippen LogP contribution in [0.1, 0.15) is 31.7 Å². The van der Waals surface area contributed by atoms with Crippen molar-refractivity contribution in [3.8, 4) is 11.5 Å². The molecule has 0 saturated carbocycles. The van der Waals surface area contributed by atoms with Crippen molar-refractivity contribution in [1.82, 2.24) is 5.32 Å². The highest BCUT2D eigenvalue weighted by Gasteiger charge is 2.32. The first-order valence-electron chi connectivity index (χ1n) is 6.69. The van der Waals surface area contributed by atoms with Gasteiger partial charge >= 0.3 is 0 Å². The minimum atomic E-state index is 0.252. The van der Waals surface area contributed by atoms with Crippen LogP contribution in [0.5, 0.6) is 11.5 Å². The number of methoxy groups -OCH3 is 2. The van der Waals surface area contributed by atoms with Gasteiger partial charge in [-0.05, 0) is 43.9 Å². The maximum atomic E-state index is 5.48. The van der Waals surface area contributed by atoms with E-state index < -0.39 is 0 Å². The molecule has 2 rings (SSSR count). The molecule has 1 aliphatic rings. The molecule has 0 amide bonds. The lowest BCUT2D eigenvalue weighted by Gasteiger charge is -2.29. The first kappa shape index (κ1) is 13.2. The van der Waals surface area contributed by atoms with Crippen LogP contribution < -0.4 is 14.8 Å². The minimum Gasteiger partial charge on any atom is -0.497 e. The lowest BCUT2D eigenvalue weighted by Crippen LogP contribution is -2.41. The Bertz CT molecular complexity index is 397. The second kappa shape index (κ2) is 5.61. The van der Waals surface area contributed by atoms with E-state index in [9.17, 15) is 0 Å². The van der Waals surface area contributed by atoms with Crippen molar-refractivity contribution in [2.75, 3.05) is 20.8 Å². The average Bonchev–Trinajstić information content (AvgIpc) is 2.88. The highest BCUT2D eigenvalue weighted by molar-refractivity contribution is 5.41. The number of hydrogen-bond donors (Lipinski definition) is 1. The predicted molar refractivity (Wildman–Crippen MR) is 73.5 cm³/mol. The number of ether oxygens (including phenoxy) is 2. The van der Waals surface area contributed by atoms with E-state index in [1.54, 1.807) is 14.2 Å². The fourth-order valence-corrected chi connectivity index (χ4v) is 2.81. The number of hydrogen-bond acceptors (Lipinski definition) is 3. The molecular formula is C15H23NO2. The number of rotatable bonds is 5. The molecule has 0 aliphatic carbocycles. The molecule has 1 unspecified atom stereocenters. The molecule has 1 aliphatic heterocycles. The summed E-state index contributed by atoms with van der Waals surface area (Å²) in [6, 6.07) is 6.10. The van der Waals surface area contributed by atoms with Gasteiger partial charge in [0.2, 0.25) is 0 Å². The van der Waals surface area contributed by atoms with E-state index in [0.717, 1.165) is 30.9 Å². The second-order valence-corrected chi connectivity index (χ2v) is 5.02. The van der Waals surface area contributed by atoms with Gasteiger partial charge in [0.1, 0.15) is 11.5 Å². The van der Waals surface area contributed by atoms with Crippen LogP contribution in [0.2, 0.25) is 0 Å². The zero-order valence-corrected chi connectivity index (χ0v) is 11.6. The molecule has 1 atom stereocenters. The molecule has 0 radical (unpaired) electrons. The summed E-state index contributed by atoms with van der Waals surface area (Å²) in [6.45, 7) is 3.39. The highest BCUT2D eigenvalue weighted by Crippen LogP contribution is 2.32. The van der Waals surface area contributed by atoms with Crippen LogP contribution in [0, 0.1) is 0 Å². The Hall–Kier alpha value is -1.22. The first-order valence-corrected chi connectivity index (χ1v) is 6.69. The van der Waals surface area contributed by atoms with E-state index in [1.807, 2.05) is 12.1 Å². The van der Waals surface area contributed by atoms with Gasteiger partial charge in [-0.3, -0.25) is 0 Å². The fourth-order valence-electron chi connectivity index (χ4n) is 2.81. The van der Waals surface area contributed by atoms with Gasteiger partial charge in [-0.15, -0.1) is 0 Å². The van der Waals surface area contributed by atoms with Crippen molar-refractivity contribution >= 4 is 0 Å². The van der Waals surface area contributed by atoms with E-state index in [1.165, 1.54) is 18.4 Å². The topological polar surface area (TPSA) is 30.5 Å². The molecule has 1 saturated heterocycles. The van der Waals surface area contributed by atoms with Crippen LogP contribution in [0.15, 0.2) is 18.2 Å². The molecule has 3 heteroatoms. The standard InChI is InChI=1S/C15H23NO2/c1-4-15(8-5-9-16-15)11-12-6-7-13(17-2)10-14(12)18-3/h6-7,10,16H,4-5,8-9,11H2,1-3H3. The molecule has 1 aromatic carbocycles. The fraction of sp³-hybridized carbons (Fsp3) is 0.600. The average molecular weight is 249 g/mol. The molecule has 1 fully saturated rings. The van der Waals surface area contributed by atoms with Crippen molar-refractivity contribution < 1.29 is 9.47 Å². The smallest absolute Gasteiger partial charge is 0.125 e. The van der Waals surface area contributed by atoms with Crippen molar-refractivity contribution in [2.24, 2.45) is 0 Å². The summed E-state index contributed by atoms with van der Waals surface area (Å²) in [5, 5.41) is 3.66. The van der Waals surface area contributed by atoms with Gasteiger partial charge in [-0.25, -0.2) is 0 Å². The normalized spacial score (nSPS) is 23.1. The van der Waals surface area contributed by atoms with Crippen LogP contribution in [0.4, 0.5) is 0 Å². The Balaban J connectivity index is 2.22. The summed E-state index contributed by atoms with van der Waals surface area (Å²) in [6.07, 6.45) is 4.70. The van der Waals surface area contributed by atoms with Crippen molar-refractivity contribution in [3.63, 3.8) is 0 Å². The Labute approximate surface area is 109 Å². The quantitative estimate of drug-likeness (QED) is 0.870. The SMILES string of the molecule is CCC1(Cc2ccc(OC)cc2OC)CCCN1. The lowest BCUT2D eigenvalue weighted by molar-refractivity contribution is 0.346. The molecule has 0 bridgehead atoms. The molecule has 18 heavy (non-hydrogen) atoms. The second-order valence-electron chi connectivity index (χ2n) is 5.02. The number of benzene rings is 1. The lowest BCUT2D eigenvalue weighted by atomic mass is 9.86. The molecule has 1 N–H and O–H groups in total. The van der Waals surface area contributed by atoms with Crippen LogP contribution in [-0.4, -0.2) is 26.3 Å². The largest absolute Gasteiger partial charge is 0.497 e. The van der Waals surface area contributed by atoms with Crippen LogP contribution in [0.25, 0.3) is 0 Å². The zero-order valence-electron chi connectivity index (χ0n) is 11.6. The molecule has 100 valence electrons. The van der Waals surface area contributed by atoms with Crippen molar-refractivity contribution in [3.05, 3.63) is 23.8 Å². The number of nitrogens with one attached hydrogen (secondary N) is 1. The van der Waals surface area contributed by atoms with Crippen molar-refractivity contribution in [2.45, 2.75) is 38.1 Å². The monoisotopic (exact) mass is 249 g/mol. The van der Waals surface area contributed by atoms with E-state index in [-0.39, 0.29) is 5.54 Å². The third kappa shape index (κ3) is 2.61. The molecule has 0 aromatic heterocycles. The maximum Gasteiger partial charge on any atom is 0.125 e. The Morgan fingerprint density at radius 3 is 2.67 bits per heavy atom. The van der Waals surface area contributed by atoms with Crippen LogP contribution in [-0.2, 0) is 6.42 Å². The first-order chi connectivity index (χ1) is 8.73. The van der Waals surface area contributed by atoms with E-state index >= 15 is 0 Å². The van der Waals surface area contributed by atoms with E-state index in [4.69, 9.17) is 9.47 Å². The molecule has 0 spiro atoms. The van der Waals surface area contributed by atoms with Gasteiger partial charge < -0.3 is 14.8 Å². The van der Waals surface area contributed by atoms with Gasteiger partial charge in [0.05, 0.1) is 14.2 Å². The summed E-state index contributed by atoms with van der Waals surface area (Å²) >= 11 is 0. The maximum absolute atomic E-state index is 5.48. The van der Waals surface area contributed by atoms with E-state index in [0.29, 0.717) is 0 Å². The third-order valence-electron chi connectivity index (χ3n) is 4.03. The summed E-state index contributed by atoms with van der Waals surface area (Å²) in [4.78, 5) is 0. The minimum absolute atomic E-state index is 0.252. The van der Waals surface area contributed by atoms with Gasteiger partial charge in [0.15, 0.2) is 0 Å². The van der Waals surface area contributed by atoms with E-state index in [2.05, 4.69) is 18.3 Å². The molecule has 1 heterocycles. The predicted octanol–water partition coefficient (Wildman–Crippen LogP) is 2.78. The third-order valence-corrected chi connectivity index (χ3v) is 4.03. The van der Waals surface area contributed by atoms with Crippen LogP contribution in [0.3, 0.4) is 0 Å². The summed E-state index contributed by atoms with van der Waals surface area (Å²) in [5.41, 5.74) is 1.51. The summed E-state index contributed by atoms with van der Waals surface area (Å²) < 4.78 is 10.7. The van der Waals surface area contributed by atoms with Crippen LogP contribution >= 0.6 is 0 Å². The molecular weight excluding hydrogens is 226 g/mol. The Morgan fingerprint density at radius 2 is 2.11 bits per heavy atom. The van der Waals surface area contributed by atoms with Crippen molar-refractivity contribution in [1.29, 1.82) is 0 Å². The Kier molecular flexibility index (Phi) is 4.12. The van der Waals surface area contributed by atoms with Gasteiger partial charge in [-0.2, -0.15) is 0 Å². The molecule has 1 aromatic rings. The highest BCUT2D eigenvalue weighted by atomic mass is 16.5. The molecule has 3 nitrogen and oxygen atoms in total. The Morgan fingerprint density at radius 1 is 1.28 bits per heavy atom. The zero-order chi connectivity index (χ0) is 13.0. The van der Waals surface area contributed by atoms with Gasteiger partial charge in [0, 0.05) is 11.6 Å². The summed E-state index contributed by atoms with van der Waals surface area (Å²) in [7, 11) is 3.40. The summed E-state index contributed by atoms with van der Waals surface area (Å²) in [5.74, 6) is 1.77.